The van der Waals surface area contributed by atoms with Crippen molar-refractivity contribution in [3.8, 4) is 5.75 Å². The van der Waals surface area contributed by atoms with E-state index in [0.717, 1.165) is 30.7 Å². The Hall–Kier alpha value is -1.55. The van der Waals surface area contributed by atoms with Crippen LogP contribution in [-0.2, 0) is 4.79 Å². The zero-order chi connectivity index (χ0) is 14.5. The fourth-order valence-electron chi connectivity index (χ4n) is 2.81. The number of benzene rings is 1. The summed E-state index contributed by atoms with van der Waals surface area (Å²) in [4.78, 5) is 12.4. The minimum absolute atomic E-state index is 0.0606. The van der Waals surface area contributed by atoms with Gasteiger partial charge in [-0.3, -0.25) is 4.79 Å². The Balaban J connectivity index is 2.03. The second-order valence-electron chi connectivity index (χ2n) is 5.52. The van der Waals surface area contributed by atoms with Crippen molar-refractivity contribution in [3.05, 3.63) is 29.8 Å². The van der Waals surface area contributed by atoms with Crippen LogP contribution in [0.2, 0.25) is 0 Å². The third-order valence-electron chi connectivity index (χ3n) is 4.02. The van der Waals surface area contributed by atoms with Crippen LogP contribution >= 0.6 is 0 Å². The number of methoxy groups -OCH3 is 1. The second-order valence-corrected chi connectivity index (χ2v) is 5.52. The van der Waals surface area contributed by atoms with Gasteiger partial charge in [0.2, 0.25) is 5.91 Å². The predicted molar refractivity (Wildman–Crippen MR) is 79.7 cm³/mol. The number of hydrogen-bond acceptors (Lipinski definition) is 3. The van der Waals surface area contributed by atoms with Crippen molar-refractivity contribution >= 4 is 5.91 Å². The Morgan fingerprint density at radius 1 is 1.45 bits per heavy atom. The highest BCUT2D eigenvalue weighted by Crippen LogP contribution is 2.25. The van der Waals surface area contributed by atoms with Gasteiger partial charge >= 0.3 is 0 Å². The number of carbonyl (C=O) groups excluding carboxylic acids is 1. The summed E-state index contributed by atoms with van der Waals surface area (Å²) in [6.45, 7) is 5.04. The van der Waals surface area contributed by atoms with Gasteiger partial charge in [-0.2, -0.15) is 0 Å². The lowest BCUT2D eigenvalue weighted by molar-refractivity contribution is -0.125. The Bertz CT molecular complexity index is 462. The molecule has 2 N–H and O–H groups in total. The summed E-state index contributed by atoms with van der Waals surface area (Å²) in [7, 11) is 1.65. The number of hydrogen-bond donors (Lipinski definition) is 2. The number of ether oxygens (including phenoxy) is 1. The molecule has 0 radical (unpaired) electrons. The van der Waals surface area contributed by atoms with Gasteiger partial charge in [0, 0.05) is 5.56 Å². The highest BCUT2D eigenvalue weighted by molar-refractivity contribution is 5.82. The van der Waals surface area contributed by atoms with Crippen LogP contribution in [0.5, 0.6) is 5.75 Å². The van der Waals surface area contributed by atoms with E-state index in [0.29, 0.717) is 5.92 Å². The largest absolute Gasteiger partial charge is 0.496 e. The van der Waals surface area contributed by atoms with E-state index in [9.17, 15) is 4.79 Å². The topological polar surface area (TPSA) is 50.4 Å². The molecule has 4 nitrogen and oxygen atoms in total. The lowest BCUT2D eigenvalue weighted by Crippen LogP contribution is -2.51. The average molecular weight is 276 g/mol. The highest BCUT2D eigenvalue weighted by atomic mass is 16.5. The van der Waals surface area contributed by atoms with E-state index in [1.165, 1.54) is 0 Å². The Labute approximate surface area is 120 Å². The fourth-order valence-corrected chi connectivity index (χ4v) is 2.81. The molecule has 0 bridgehead atoms. The summed E-state index contributed by atoms with van der Waals surface area (Å²) in [6, 6.07) is 7.65. The Morgan fingerprint density at radius 2 is 2.20 bits per heavy atom. The number of carbonyl (C=O) groups is 1. The summed E-state index contributed by atoms with van der Waals surface area (Å²) in [5.74, 6) is 1.27. The Morgan fingerprint density at radius 3 is 2.90 bits per heavy atom. The van der Waals surface area contributed by atoms with E-state index in [4.69, 9.17) is 4.74 Å². The zero-order valence-corrected chi connectivity index (χ0v) is 12.5. The molecule has 1 aromatic carbocycles. The lowest BCUT2D eigenvalue weighted by atomic mass is 9.92. The molecular formula is C16H24N2O2. The van der Waals surface area contributed by atoms with E-state index in [1.807, 2.05) is 31.2 Å². The number of amides is 1. The SMILES string of the molecule is COc1ccccc1[C@@H](C)NC(=O)C1NCCCC1C. The van der Waals surface area contributed by atoms with Crippen LogP contribution in [0, 0.1) is 5.92 Å². The summed E-state index contributed by atoms with van der Waals surface area (Å²) in [5.41, 5.74) is 1.01. The first-order valence-electron chi connectivity index (χ1n) is 7.30. The van der Waals surface area contributed by atoms with E-state index in [1.54, 1.807) is 7.11 Å². The van der Waals surface area contributed by atoms with Crippen molar-refractivity contribution in [2.75, 3.05) is 13.7 Å². The van der Waals surface area contributed by atoms with Crippen LogP contribution < -0.4 is 15.4 Å². The molecule has 1 aromatic rings. The molecule has 0 spiro atoms. The van der Waals surface area contributed by atoms with Gasteiger partial charge in [-0.15, -0.1) is 0 Å². The molecule has 110 valence electrons. The van der Waals surface area contributed by atoms with E-state index >= 15 is 0 Å². The first kappa shape index (κ1) is 14.9. The standard InChI is InChI=1S/C16H24N2O2/c1-11-7-6-10-17-15(11)16(19)18-12(2)13-8-4-5-9-14(13)20-3/h4-5,8-9,11-12,15,17H,6-7,10H2,1-3H3,(H,18,19)/t11?,12-,15?/m1/s1. The van der Waals surface area contributed by atoms with E-state index in [2.05, 4.69) is 17.6 Å². The molecule has 1 saturated heterocycles. The molecule has 1 heterocycles. The zero-order valence-electron chi connectivity index (χ0n) is 12.5. The molecule has 1 amide bonds. The smallest absolute Gasteiger partial charge is 0.237 e. The molecule has 2 unspecified atom stereocenters. The van der Waals surface area contributed by atoms with Gasteiger partial charge in [0.15, 0.2) is 0 Å². The molecule has 4 heteroatoms. The minimum Gasteiger partial charge on any atom is -0.496 e. The number of piperidine rings is 1. The Kier molecular flexibility index (Phi) is 5.01. The molecule has 0 aromatic heterocycles. The van der Waals surface area contributed by atoms with E-state index in [-0.39, 0.29) is 18.0 Å². The quantitative estimate of drug-likeness (QED) is 0.887. The van der Waals surface area contributed by atoms with Gasteiger partial charge in [-0.05, 0) is 38.3 Å². The maximum atomic E-state index is 12.4. The fraction of sp³-hybridized carbons (Fsp3) is 0.562. The van der Waals surface area contributed by atoms with E-state index < -0.39 is 0 Å². The van der Waals surface area contributed by atoms with Gasteiger partial charge in [0.25, 0.3) is 0 Å². The molecule has 1 aliphatic rings. The summed E-state index contributed by atoms with van der Waals surface area (Å²) in [5, 5.41) is 6.40. The number of para-hydroxylation sites is 1. The van der Waals surface area contributed by atoms with Gasteiger partial charge in [-0.25, -0.2) is 0 Å². The monoisotopic (exact) mass is 276 g/mol. The van der Waals surface area contributed by atoms with Crippen molar-refractivity contribution in [3.63, 3.8) is 0 Å². The molecule has 1 aliphatic heterocycles. The molecular weight excluding hydrogens is 252 g/mol. The van der Waals surface area contributed by atoms with Crippen molar-refractivity contribution in [1.29, 1.82) is 0 Å². The first-order chi connectivity index (χ1) is 9.63. The van der Waals surface area contributed by atoms with Crippen molar-refractivity contribution in [2.24, 2.45) is 5.92 Å². The highest BCUT2D eigenvalue weighted by Gasteiger charge is 2.28. The van der Waals surface area contributed by atoms with Gasteiger partial charge in [0.1, 0.15) is 5.75 Å². The van der Waals surface area contributed by atoms with Gasteiger partial charge < -0.3 is 15.4 Å². The maximum Gasteiger partial charge on any atom is 0.237 e. The molecule has 0 saturated carbocycles. The molecule has 0 aliphatic carbocycles. The molecule has 20 heavy (non-hydrogen) atoms. The van der Waals surface area contributed by atoms with Crippen LogP contribution in [0.25, 0.3) is 0 Å². The van der Waals surface area contributed by atoms with Crippen molar-refractivity contribution in [2.45, 2.75) is 38.8 Å². The summed E-state index contributed by atoms with van der Waals surface area (Å²) in [6.07, 6.45) is 2.25. The average Bonchev–Trinajstić information content (AvgIpc) is 2.47. The van der Waals surface area contributed by atoms with Crippen LogP contribution in [0.3, 0.4) is 0 Å². The first-order valence-corrected chi connectivity index (χ1v) is 7.30. The predicted octanol–water partition coefficient (Wildman–Crippen LogP) is 2.26. The lowest BCUT2D eigenvalue weighted by Gasteiger charge is -2.30. The summed E-state index contributed by atoms with van der Waals surface area (Å²) >= 11 is 0. The molecule has 1 fully saturated rings. The number of rotatable bonds is 4. The van der Waals surface area contributed by atoms with Crippen molar-refractivity contribution in [1.82, 2.24) is 10.6 Å². The molecule has 2 rings (SSSR count). The third-order valence-corrected chi connectivity index (χ3v) is 4.02. The normalized spacial score (nSPS) is 23.9. The third kappa shape index (κ3) is 3.31. The van der Waals surface area contributed by atoms with Gasteiger partial charge in [-0.1, -0.05) is 25.1 Å². The van der Waals surface area contributed by atoms with Crippen LogP contribution in [-0.4, -0.2) is 25.6 Å². The second kappa shape index (κ2) is 6.75. The van der Waals surface area contributed by atoms with Crippen LogP contribution in [0.1, 0.15) is 38.3 Å². The summed E-state index contributed by atoms with van der Waals surface area (Å²) < 4.78 is 5.35. The van der Waals surface area contributed by atoms with Crippen LogP contribution in [0.15, 0.2) is 24.3 Å². The van der Waals surface area contributed by atoms with Crippen LogP contribution in [0.4, 0.5) is 0 Å². The van der Waals surface area contributed by atoms with Crippen molar-refractivity contribution < 1.29 is 9.53 Å². The molecule has 3 atom stereocenters. The maximum absolute atomic E-state index is 12.4. The minimum atomic E-state index is -0.0825. The number of nitrogens with one attached hydrogen (secondary N) is 2. The van der Waals surface area contributed by atoms with Gasteiger partial charge in [0.05, 0.1) is 19.2 Å².